The number of rotatable bonds is 2. The molecule has 2 aromatic heterocycles. The van der Waals surface area contributed by atoms with Crippen LogP contribution in [0, 0.1) is 0 Å². The van der Waals surface area contributed by atoms with Gasteiger partial charge in [0.15, 0.2) is 5.82 Å². The summed E-state index contributed by atoms with van der Waals surface area (Å²) in [5.41, 5.74) is 5.94. The number of H-pyrrole nitrogens is 1. The molecule has 0 aliphatic carbocycles. The highest BCUT2D eigenvalue weighted by Gasteiger charge is 2.21. The minimum atomic E-state index is -0.498. The first kappa shape index (κ1) is 15.5. The molecule has 3 N–H and O–H groups in total. The molecule has 114 valence electrons. The van der Waals surface area contributed by atoms with Gasteiger partial charge < -0.3 is 5.73 Å². The van der Waals surface area contributed by atoms with Crippen molar-refractivity contribution in [3.05, 3.63) is 49.0 Å². The quantitative estimate of drug-likeness (QED) is 0.688. The van der Waals surface area contributed by atoms with Gasteiger partial charge in [-0.1, -0.05) is 23.2 Å². The number of aromatic nitrogens is 4. The van der Waals surface area contributed by atoms with Crippen LogP contribution in [0.2, 0.25) is 10.0 Å². The van der Waals surface area contributed by atoms with Crippen molar-refractivity contribution in [2.45, 2.75) is 13.0 Å². The fourth-order valence-corrected chi connectivity index (χ4v) is 2.98. The van der Waals surface area contributed by atoms with Crippen molar-refractivity contribution in [1.29, 1.82) is 0 Å². The Morgan fingerprint density at radius 2 is 2.05 bits per heavy atom. The summed E-state index contributed by atoms with van der Waals surface area (Å²) in [6, 6.07) is 2.66. The zero-order valence-electron chi connectivity index (χ0n) is 11.3. The molecule has 0 fully saturated rings. The fourth-order valence-electron chi connectivity index (χ4n) is 2.18. The van der Waals surface area contributed by atoms with Crippen LogP contribution in [0.15, 0.2) is 27.6 Å². The molecule has 1 atom stereocenters. The first-order chi connectivity index (χ1) is 10.4. The molecule has 1 unspecified atom stereocenters. The van der Waals surface area contributed by atoms with Gasteiger partial charge in [0.05, 0.1) is 37.7 Å². The number of benzene rings is 1. The van der Waals surface area contributed by atoms with E-state index >= 15 is 0 Å². The molecule has 0 radical (unpaired) electrons. The average molecular weight is 403 g/mol. The number of fused-ring (bicyclic) bond motifs is 1. The predicted molar refractivity (Wildman–Crippen MR) is 89.8 cm³/mol. The monoisotopic (exact) mass is 401 g/mol. The molecule has 22 heavy (non-hydrogen) atoms. The number of hydrogen-bond acceptors (Lipinski definition) is 4. The Bertz CT molecular complexity index is 934. The minimum Gasteiger partial charge on any atom is -0.322 e. The van der Waals surface area contributed by atoms with Crippen LogP contribution in [0.3, 0.4) is 0 Å². The number of nitrogens with one attached hydrogen (secondary N) is 1. The largest absolute Gasteiger partial charge is 0.322 e. The van der Waals surface area contributed by atoms with Gasteiger partial charge in [-0.2, -0.15) is 5.10 Å². The summed E-state index contributed by atoms with van der Waals surface area (Å²) in [6.07, 6.45) is 1.54. The van der Waals surface area contributed by atoms with Gasteiger partial charge in [-0.15, -0.1) is 0 Å². The van der Waals surface area contributed by atoms with Crippen LogP contribution in [0.1, 0.15) is 18.8 Å². The Hall–Kier alpha value is -1.41. The maximum absolute atomic E-state index is 12.9. The third-order valence-corrected chi connectivity index (χ3v) is 4.36. The second-order valence-corrected chi connectivity index (χ2v) is 6.39. The van der Waals surface area contributed by atoms with E-state index in [1.165, 1.54) is 10.8 Å². The lowest BCUT2D eigenvalue weighted by Crippen LogP contribution is -2.28. The molecule has 6 nitrogen and oxygen atoms in total. The lowest BCUT2D eigenvalue weighted by atomic mass is 10.2. The second-order valence-electron chi connectivity index (χ2n) is 4.72. The summed E-state index contributed by atoms with van der Waals surface area (Å²) >= 11 is 15.6. The third-order valence-electron chi connectivity index (χ3n) is 3.16. The number of nitrogens with zero attached hydrogens (tertiary/aromatic N) is 3. The van der Waals surface area contributed by atoms with Crippen molar-refractivity contribution in [1.82, 2.24) is 19.7 Å². The molecule has 1 aromatic carbocycles. The summed E-state index contributed by atoms with van der Waals surface area (Å²) in [5, 5.41) is 7.51. The normalized spacial score (nSPS) is 12.8. The summed E-state index contributed by atoms with van der Waals surface area (Å²) in [6.45, 7) is 1.73. The third kappa shape index (κ3) is 2.34. The SMILES string of the molecule is CC(N)c1nc2c(Cl)ccc(Cl)c2c(=O)n1-c1[nH]ncc1Br. The van der Waals surface area contributed by atoms with E-state index in [0.29, 0.717) is 26.7 Å². The molecule has 9 heteroatoms. The smallest absolute Gasteiger partial charge is 0.268 e. The van der Waals surface area contributed by atoms with Gasteiger partial charge in [0.1, 0.15) is 5.82 Å². The van der Waals surface area contributed by atoms with Crippen LogP contribution >= 0.6 is 39.1 Å². The first-order valence-corrected chi connectivity index (χ1v) is 7.82. The van der Waals surface area contributed by atoms with E-state index in [-0.39, 0.29) is 16.0 Å². The summed E-state index contributed by atoms with van der Waals surface area (Å²) in [4.78, 5) is 17.4. The van der Waals surface area contributed by atoms with E-state index in [4.69, 9.17) is 28.9 Å². The van der Waals surface area contributed by atoms with Gasteiger partial charge in [0.25, 0.3) is 5.56 Å². The highest BCUT2D eigenvalue weighted by atomic mass is 79.9. The lowest BCUT2D eigenvalue weighted by Gasteiger charge is -2.15. The minimum absolute atomic E-state index is 0.236. The molecule has 0 saturated heterocycles. The summed E-state index contributed by atoms with van der Waals surface area (Å²) < 4.78 is 1.96. The van der Waals surface area contributed by atoms with E-state index < -0.39 is 6.04 Å². The van der Waals surface area contributed by atoms with Gasteiger partial charge >= 0.3 is 0 Å². The van der Waals surface area contributed by atoms with Crippen molar-refractivity contribution in [2.24, 2.45) is 5.73 Å². The van der Waals surface area contributed by atoms with Gasteiger partial charge in [-0.05, 0) is 35.0 Å². The molecular weight excluding hydrogens is 393 g/mol. The predicted octanol–water partition coefficient (Wildman–Crippen LogP) is 3.20. The zero-order chi connectivity index (χ0) is 16.0. The van der Waals surface area contributed by atoms with Crippen molar-refractivity contribution in [2.75, 3.05) is 0 Å². The van der Waals surface area contributed by atoms with Crippen molar-refractivity contribution in [3.8, 4) is 5.82 Å². The van der Waals surface area contributed by atoms with E-state index in [1.807, 2.05) is 0 Å². The Morgan fingerprint density at radius 1 is 1.36 bits per heavy atom. The van der Waals surface area contributed by atoms with Crippen LogP contribution < -0.4 is 11.3 Å². The average Bonchev–Trinajstić information content (AvgIpc) is 2.88. The van der Waals surface area contributed by atoms with Crippen LogP contribution in [0.5, 0.6) is 0 Å². The van der Waals surface area contributed by atoms with E-state index in [9.17, 15) is 4.79 Å². The van der Waals surface area contributed by atoms with E-state index in [0.717, 1.165) is 0 Å². The number of hydrogen-bond donors (Lipinski definition) is 2. The van der Waals surface area contributed by atoms with Gasteiger partial charge in [-0.3, -0.25) is 9.89 Å². The first-order valence-electron chi connectivity index (χ1n) is 6.27. The Labute approximate surface area is 143 Å². The second kappa shape index (κ2) is 5.66. The number of aromatic amines is 1. The van der Waals surface area contributed by atoms with E-state index in [2.05, 4.69) is 31.1 Å². The zero-order valence-corrected chi connectivity index (χ0v) is 14.4. The standard InChI is InChI=1S/C13H10BrCl2N5O/c1-5(17)11-19-10-8(16)3-2-7(15)9(10)13(22)21(11)12-6(14)4-18-20-12/h2-5H,17H2,1H3,(H,18,20). The lowest BCUT2D eigenvalue weighted by molar-refractivity contribution is 0.687. The van der Waals surface area contributed by atoms with Crippen LogP contribution in [-0.2, 0) is 0 Å². The molecule has 3 rings (SSSR count). The molecule has 2 heterocycles. The number of nitrogens with two attached hydrogens (primary N) is 1. The van der Waals surface area contributed by atoms with Gasteiger partial charge in [-0.25, -0.2) is 9.55 Å². The maximum atomic E-state index is 12.9. The van der Waals surface area contributed by atoms with Gasteiger partial charge in [0.2, 0.25) is 0 Å². The van der Waals surface area contributed by atoms with E-state index in [1.54, 1.807) is 19.1 Å². The highest BCUT2D eigenvalue weighted by molar-refractivity contribution is 9.10. The molecule has 0 aliphatic rings. The topological polar surface area (TPSA) is 89.6 Å². The summed E-state index contributed by atoms with van der Waals surface area (Å²) in [5.74, 6) is 0.786. The molecule has 0 saturated carbocycles. The van der Waals surface area contributed by atoms with Crippen LogP contribution in [0.25, 0.3) is 16.7 Å². The molecular formula is C13H10BrCl2N5O. The maximum Gasteiger partial charge on any atom is 0.268 e. The molecule has 0 bridgehead atoms. The van der Waals surface area contributed by atoms with Gasteiger partial charge in [0, 0.05) is 0 Å². The Balaban J connectivity index is 2.53. The Morgan fingerprint density at radius 3 is 2.64 bits per heavy atom. The van der Waals surface area contributed by atoms with Crippen molar-refractivity contribution >= 4 is 50.0 Å². The Kier molecular flexibility index (Phi) is 3.98. The van der Waals surface area contributed by atoms with Crippen molar-refractivity contribution < 1.29 is 0 Å². The molecule has 0 spiro atoms. The van der Waals surface area contributed by atoms with Crippen molar-refractivity contribution in [3.63, 3.8) is 0 Å². The highest BCUT2D eigenvalue weighted by Crippen LogP contribution is 2.28. The molecule has 0 amide bonds. The van der Waals surface area contributed by atoms with Crippen LogP contribution in [0.4, 0.5) is 0 Å². The summed E-state index contributed by atoms with van der Waals surface area (Å²) in [7, 11) is 0. The van der Waals surface area contributed by atoms with Crippen LogP contribution in [-0.4, -0.2) is 19.7 Å². The molecule has 3 aromatic rings. The fraction of sp³-hybridized carbons (Fsp3) is 0.154. The molecule has 0 aliphatic heterocycles. The number of halogens is 3.